The van der Waals surface area contributed by atoms with E-state index < -0.39 is 5.97 Å². The summed E-state index contributed by atoms with van der Waals surface area (Å²) in [4.78, 5) is 22.1. The molecule has 0 radical (unpaired) electrons. The number of esters is 1. The molecular formula is C21H16N6O2S. The van der Waals surface area contributed by atoms with Gasteiger partial charge in [0.2, 0.25) is 0 Å². The monoisotopic (exact) mass is 416 g/mol. The number of rotatable bonds is 4. The highest BCUT2D eigenvalue weighted by molar-refractivity contribution is 7.19. The lowest BCUT2D eigenvalue weighted by Crippen LogP contribution is -2.01. The molecular weight excluding hydrogens is 400 g/mol. The number of thiazole rings is 1. The zero-order valence-corrected chi connectivity index (χ0v) is 17.0. The van der Waals surface area contributed by atoms with E-state index in [4.69, 9.17) is 9.72 Å². The molecule has 0 amide bonds. The molecule has 0 atom stereocenters. The summed E-state index contributed by atoms with van der Waals surface area (Å²) in [6.45, 7) is 1.97. The Morgan fingerprint density at radius 3 is 2.90 bits per heavy atom. The Kier molecular flexibility index (Phi) is 4.36. The average molecular weight is 416 g/mol. The van der Waals surface area contributed by atoms with Crippen molar-refractivity contribution in [2.75, 3.05) is 7.11 Å². The Morgan fingerprint density at radius 1 is 1.20 bits per heavy atom. The van der Waals surface area contributed by atoms with Crippen molar-refractivity contribution >= 4 is 22.8 Å². The van der Waals surface area contributed by atoms with Crippen molar-refractivity contribution in [1.82, 2.24) is 29.8 Å². The van der Waals surface area contributed by atoms with Crippen molar-refractivity contribution in [3.63, 3.8) is 0 Å². The summed E-state index contributed by atoms with van der Waals surface area (Å²) in [5.74, 6) is 0.150. The molecule has 148 valence electrons. The van der Waals surface area contributed by atoms with Crippen molar-refractivity contribution in [3.05, 3.63) is 66.2 Å². The van der Waals surface area contributed by atoms with Gasteiger partial charge in [-0.1, -0.05) is 18.2 Å². The number of pyridine rings is 1. The van der Waals surface area contributed by atoms with Crippen LogP contribution in [-0.4, -0.2) is 42.9 Å². The Morgan fingerprint density at radius 2 is 2.10 bits per heavy atom. The van der Waals surface area contributed by atoms with Gasteiger partial charge in [-0.25, -0.2) is 19.3 Å². The molecule has 0 bridgehead atoms. The largest absolute Gasteiger partial charge is 0.465 e. The van der Waals surface area contributed by atoms with Crippen molar-refractivity contribution in [2.24, 2.45) is 0 Å². The van der Waals surface area contributed by atoms with Crippen LogP contribution in [-0.2, 0) is 4.74 Å². The lowest BCUT2D eigenvalue weighted by molar-refractivity contribution is 0.0601. The normalized spacial score (nSPS) is 11.1. The maximum absolute atomic E-state index is 12.0. The Bertz CT molecular complexity index is 1370. The molecule has 8 nitrogen and oxygen atoms in total. The molecule has 0 aliphatic carbocycles. The van der Waals surface area contributed by atoms with Crippen LogP contribution < -0.4 is 0 Å². The highest BCUT2D eigenvalue weighted by Crippen LogP contribution is 2.41. The molecule has 0 aliphatic heterocycles. The molecule has 0 fully saturated rings. The number of methoxy groups -OCH3 is 1. The third-order valence-electron chi connectivity index (χ3n) is 4.73. The molecule has 4 aromatic heterocycles. The standard InChI is InChI=1S/C21H16N6O2S/c1-12-16(15-8-3-4-9-27(15)26-12)20-24-17(18(30-20)19-22-11-23-25-19)13-6-5-7-14(10-13)21(28)29-2/h3-11H,1-2H3,(H,22,23,25). The lowest BCUT2D eigenvalue weighted by atomic mass is 10.1. The van der Waals surface area contributed by atoms with Gasteiger partial charge in [0.05, 0.1) is 35.1 Å². The minimum absolute atomic E-state index is 0.398. The first-order valence-electron chi connectivity index (χ1n) is 9.16. The first-order valence-corrected chi connectivity index (χ1v) is 9.97. The quantitative estimate of drug-likeness (QED) is 0.445. The van der Waals surface area contributed by atoms with Gasteiger partial charge in [0.15, 0.2) is 5.82 Å². The molecule has 30 heavy (non-hydrogen) atoms. The van der Waals surface area contributed by atoms with E-state index >= 15 is 0 Å². The van der Waals surface area contributed by atoms with Crippen LogP contribution in [0.15, 0.2) is 55.0 Å². The van der Waals surface area contributed by atoms with E-state index in [2.05, 4.69) is 20.3 Å². The summed E-state index contributed by atoms with van der Waals surface area (Å²) in [7, 11) is 1.36. The van der Waals surface area contributed by atoms with Gasteiger partial charge >= 0.3 is 5.97 Å². The number of benzene rings is 1. The van der Waals surface area contributed by atoms with Gasteiger partial charge in [0.25, 0.3) is 0 Å². The number of ether oxygens (including phenoxy) is 1. The van der Waals surface area contributed by atoms with E-state index in [1.165, 1.54) is 24.8 Å². The molecule has 0 spiro atoms. The average Bonchev–Trinajstić information content (AvgIpc) is 3.50. The minimum Gasteiger partial charge on any atom is -0.465 e. The first kappa shape index (κ1) is 18.2. The van der Waals surface area contributed by atoms with E-state index in [0.29, 0.717) is 17.1 Å². The van der Waals surface area contributed by atoms with Crippen LogP contribution in [0.1, 0.15) is 16.1 Å². The molecule has 0 aliphatic rings. The number of aryl methyl sites for hydroxylation is 1. The fraction of sp³-hybridized carbons (Fsp3) is 0.0952. The van der Waals surface area contributed by atoms with Crippen LogP contribution in [0.5, 0.6) is 0 Å². The highest BCUT2D eigenvalue weighted by atomic mass is 32.1. The Hall–Kier alpha value is -3.85. The van der Waals surface area contributed by atoms with Crippen LogP contribution in [0.2, 0.25) is 0 Å². The van der Waals surface area contributed by atoms with Crippen molar-refractivity contribution < 1.29 is 9.53 Å². The third-order valence-corrected chi connectivity index (χ3v) is 5.80. The van der Waals surface area contributed by atoms with Crippen LogP contribution in [0, 0.1) is 6.92 Å². The third kappa shape index (κ3) is 2.96. The molecule has 5 rings (SSSR count). The number of H-pyrrole nitrogens is 1. The van der Waals surface area contributed by atoms with E-state index in [0.717, 1.165) is 32.2 Å². The summed E-state index contributed by atoms with van der Waals surface area (Å²) in [6.07, 6.45) is 3.44. The molecule has 0 unspecified atom stereocenters. The first-order chi connectivity index (χ1) is 14.7. The topological polar surface area (TPSA) is 98.1 Å². The predicted octanol–water partition coefficient (Wildman–Crippen LogP) is 4.00. The second kappa shape index (κ2) is 7.20. The molecule has 5 aromatic rings. The smallest absolute Gasteiger partial charge is 0.337 e. The van der Waals surface area contributed by atoms with Crippen LogP contribution in [0.3, 0.4) is 0 Å². The SMILES string of the molecule is COC(=O)c1cccc(-c2nc(-c3c(C)nn4ccccc34)sc2-c2nc[nH]n2)c1. The van der Waals surface area contributed by atoms with Crippen LogP contribution >= 0.6 is 11.3 Å². The highest BCUT2D eigenvalue weighted by Gasteiger charge is 2.22. The molecule has 1 N–H and O–H groups in total. The molecule has 9 heteroatoms. The van der Waals surface area contributed by atoms with Gasteiger partial charge in [0, 0.05) is 11.8 Å². The maximum atomic E-state index is 12.0. The summed E-state index contributed by atoms with van der Waals surface area (Å²) in [6, 6.07) is 13.1. The number of aromatic nitrogens is 6. The molecule has 0 saturated carbocycles. The van der Waals surface area contributed by atoms with E-state index in [1.807, 2.05) is 48.0 Å². The number of hydrogen-bond acceptors (Lipinski definition) is 7. The van der Waals surface area contributed by atoms with Crippen molar-refractivity contribution in [3.8, 4) is 32.5 Å². The van der Waals surface area contributed by atoms with Gasteiger partial charge < -0.3 is 4.74 Å². The maximum Gasteiger partial charge on any atom is 0.337 e. The fourth-order valence-electron chi connectivity index (χ4n) is 3.38. The summed E-state index contributed by atoms with van der Waals surface area (Å²) in [5.41, 5.74) is 4.77. The second-order valence-electron chi connectivity index (χ2n) is 6.58. The molecule has 0 saturated heterocycles. The van der Waals surface area contributed by atoms with Crippen LogP contribution in [0.4, 0.5) is 0 Å². The Balaban J connectivity index is 1.73. The zero-order chi connectivity index (χ0) is 20.7. The van der Waals surface area contributed by atoms with Gasteiger partial charge in [-0.05, 0) is 31.2 Å². The van der Waals surface area contributed by atoms with Gasteiger partial charge in [-0.15, -0.1) is 11.3 Å². The number of fused-ring (bicyclic) bond motifs is 1. The number of nitrogens with zero attached hydrogens (tertiary/aromatic N) is 5. The number of hydrogen-bond donors (Lipinski definition) is 1. The number of nitrogens with one attached hydrogen (secondary N) is 1. The van der Waals surface area contributed by atoms with E-state index in [1.54, 1.807) is 12.1 Å². The van der Waals surface area contributed by atoms with Gasteiger partial charge in [-0.2, -0.15) is 10.2 Å². The zero-order valence-electron chi connectivity index (χ0n) is 16.2. The summed E-state index contributed by atoms with van der Waals surface area (Å²) in [5, 5.41) is 12.4. The number of carbonyl (C=O) groups excluding carboxylic acids is 1. The van der Waals surface area contributed by atoms with E-state index in [-0.39, 0.29) is 0 Å². The van der Waals surface area contributed by atoms with Gasteiger partial charge in [0.1, 0.15) is 16.2 Å². The van der Waals surface area contributed by atoms with Crippen molar-refractivity contribution in [1.29, 1.82) is 0 Å². The number of aromatic amines is 1. The molecule has 1 aromatic carbocycles. The van der Waals surface area contributed by atoms with Gasteiger partial charge in [-0.3, -0.25) is 5.10 Å². The Labute approximate surface area is 175 Å². The predicted molar refractivity (Wildman–Crippen MR) is 113 cm³/mol. The van der Waals surface area contributed by atoms with E-state index in [9.17, 15) is 4.79 Å². The number of carbonyl (C=O) groups is 1. The minimum atomic E-state index is -0.398. The molecule has 4 heterocycles. The summed E-state index contributed by atoms with van der Waals surface area (Å²) >= 11 is 1.49. The second-order valence-corrected chi connectivity index (χ2v) is 7.58. The lowest BCUT2D eigenvalue weighted by Gasteiger charge is -2.03. The van der Waals surface area contributed by atoms with Crippen molar-refractivity contribution in [2.45, 2.75) is 6.92 Å². The van der Waals surface area contributed by atoms with Crippen LogP contribution in [0.25, 0.3) is 38.0 Å². The fourth-order valence-corrected chi connectivity index (χ4v) is 4.52. The summed E-state index contributed by atoms with van der Waals surface area (Å²) < 4.78 is 6.70.